The van der Waals surface area contributed by atoms with Gasteiger partial charge in [-0.15, -0.1) is 0 Å². The molecule has 1 atom stereocenters. The molecule has 1 aliphatic heterocycles. The van der Waals surface area contributed by atoms with Gasteiger partial charge in [-0.3, -0.25) is 14.4 Å². The van der Waals surface area contributed by atoms with Gasteiger partial charge in [0.1, 0.15) is 11.9 Å². The van der Waals surface area contributed by atoms with E-state index in [1.54, 1.807) is 24.3 Å². The molecule has 1 unspecified atom stereocenters. The van der Waals surface area contributed by atoms with Gasteiger partial charge in [-0.25, -0.2) is 9.29 Å². The molecule has 0 aromatic heterocycles. The van der Waals surface area contributed by atoms with Crippen LogP contribution in [0.3, 0.4) is 0 Å². The average Bonchev–Trinajstić information content (AvgIpc) is 3.03. The molecule has 9 heteroatoms. The van der Waals surface area contributed by atoms with Crippen LogP contribution in [-0.4, -0.2) is 55.7 Å². The SMILES string of the molecule is COC(CN(C(=O)c1ccc(F)cc1)C1CC(=O)N(c2ccc(Br)cc2)C1=O)OC. The van der Waals surface area contributed by atoms with Crippen molar-refractivity contribution in [1.82, 2.24) is 4.90 Å². The molecule has 2 aromatic rings. The van der Waals surface area contributed by atoms with E-state index in [2.05, 4.69) is 15.9 Å². The molecule has 1 aliphatic rings. The molecule has 1 fully saturated rings. The van der Waals surface area contributed by atoms with E-state index in [0.29, 0.717) is 5.69 Å². The number of ether oxygens (including phenoxy) is 2. The molecule has 0 aliphatic carbocycles. The van der Waals surface area contributed by atoms with Crippen LogP contribution in [0, 0.1) is 5.82 Å². The quantitative estimate of drug-likeness (QED) is 0.451. The maximum atomic E-state index is 13.3. The summed E-state index contributed by atoms with van der Waals surface area (Å²) in [4.78, 5) is 41.3. The maximum Gasteiger partial charge on any atom is 0.257 e. The highest BCUT2D eigenvalue weighted by atomic mass is 79.9. The summed E-state index contributed by atoms with van der Waals surface area (Å²) in [6, 6.07) is 10.7. The Kier molecular flexibility index (Phi) is 6.96. The fourth-order valence-electron chi connectivity index (χ4n) is 3.24. The van der Waals surface area contributed by atoms with Crippen LogP contribution in [-0.2, 0) is 19.1 Å². The molecule has 0 spiro atoms. The summed E-state index contributed by atoms with van der Waals surface area (Å²) in [6.45, 7) is -0.0823. The number of carbonyl (C=O) groups excluding carboxylic acids is 3. The number of halogens is 2. The van der Waals surface area contributed by atoms with E-state index in [1.165, 1.54) is 31.3 Å². The minimum atomic E-state index is -1.04. The first-order valence-electron chi connectivity index (χ1n) is 9.10. The Labute approximate surface area is 181 Å². The first kappa shape index (κ1) is 22.1. The van der Waals surface area contributed by atoms with Crippen molar-refractivity contribution in [3.63, 3.8) is 0 Å². The minimum Gasteiger partial charge on any atom is -0.354 e. The van der Waals surface area contributed by atoms with Crippen molar-refractivity contribution in [1.29, 1.82) is 0 Å². The van der Waals surface area contributed by atoms with E-state index in [1.807, 2.05) is 0 Å². The number of hydrogen-bond donors (Lipinski definition) is 0. The maximum absolute atomic E-state index is 13.3. The Morgan fingerprint density at radius 2 is 1.73 bits per heavy atom. The van der Waals surface area contributed by atoms with Gasteiger partial charge in [0.05, 0.1) is 18.7 Å². The largest absolute Gasteiger partial charge is 0.354 e. The number of imide groups is 1. The van der Waals surface area contributed by atoms with Crippen LogP contribution < -0.4 is 4.90 Å². The molecule has 158 valence electrons. The van der Waals surface area contributed by atoms with Crippen molar-refractivity contribution >= 4 is 39.3 Å². The van der Waals surface area contributed by atoms with Crippen molar-refractivity contribution in [2.24, 2.45) is 0 Å². The zero-order valence-corrected chi connectivity index (χ0v) is 18.0. The predicted octanol–water partition coefficient (Wildman–Crippen LogP) is 2.98. The molecule has 0 saturated carbocycles. The van der Waals surface area contributed by atoms with Gasteiger partial charge in [-0.2, -0.15) is 0 Å². The van der Waals surface area contributed by atoms with Crippen molar-refractivity contribution in [3.05, 3.63) is 64.4 Å². The van der Waals surface area contributed by atoms with Gasteiger partial charge in [0.2, 0.25) is 5.91 Å². The third-order valence-corrected chi connectivity index (χ3v) is 5.34. The summed E-state index contributed by atoms with van der Waals surface area (Å²) in [7, 11) is 2.81. The number of hydrogen-bond acceptors (Lipinski definition) is 5. The van der Waals surface area contributed by atoms with Gasteiger partial charge in [0.15, 0.2) is 6.29 Å². The molecule has 1 heterocycles. The van der Waals surface area contributed by atoms with Crippen LogP contribution in [0.1, 0.15) is 16.8 Å². The Morgan fingerprint density at radius 3 is 2.30 bits per heavy atom. The number of methoxy groups -OCH3 is 2. The second kappa shape index (κ2) is 9.46. The predicted molar refractivity (Wildman–Crippen MR) is 110 cm³/mol. The standard InChI is InChI=1S/C21H20BrFN2O5/c1-29-19(30-2)12-24(20(27)13-3-7-15(23)8-4-13)17-11-18(26)25(21(17)28)16-9-5-14(22)6-10-16/h3-10,17,19H,11-12H2,1-2H3. The van der Waals surface area contributed by atoms with Crippen LogP contribution in [0.5, 0.6) is 0 Å². The summed E-state index contributed by atoms with van der Waals surface area (Å²) in [5, 5.41) is 0. The number of rotatable bonds is 7. The van der Waals surface area contributed by atoms with Gasteiger partial charge >= 0.3 is 0 Å². The van der Waals surface area contributed by atoms with Crippen LogP contribution in [0.25, 0.3) is 0 Å². The smallest absolute Gasteiger partial charge is 0.257 e. The summed E-state index contributed by atoms with van der Waals surface area (Å²) in [6.07, 6.45) is -0.985. The normalized spacial score (nSPS) is 16.4. The molecule has 0 radical (unpaired) electrons. The molecule has 0 bridgehead atoms. The lowest BCUT2D eigenvalue weighted by molar-refractivity contribution is -0.128. The number of carbonyl (C=O) groups is 3. The van der Waals surface area contributed by atoms with Crippen LogP contribution in [0.2, 0.25) is 0 Å². The molecule has 3 amide bonds. The zero-order chi connectivity index (χ0) is 21.8. The zero-order valence-electron chi connectivity index (χ0n) is 16.4. The Balaban J connectivity index is 1.93. The third-order valence-electron chi connectivity index (χ3n) is 4.81. The molecule has 1 saturated heterocycles. The molecule has 0 N–H and O–H groups in total. The molecule has 7 nitrogen and oxygen atoms in total. The van der Waals surface area contributed by atoms with Crippen molar-refractivity contribution < 1.29 is 28.2 Å². The highest BCUT2D eigenvalue weighted by Crippen LogP contribution is 2.28. The number of nitrogens with zero attached hydrogens (tertiary/aromatic N) is 2. The van der Waals surface area contributed by atoms with Crippen molar-refractivity contribution in [2.45, 2.75) is 18.8 Å². The van der Waals surface area contributed by atoms with E-state index in [-0.39, 0.29) is 18.5 Å². The lowest BCUT2D eigenvalue weighted by Gasteiger charge is -2.30. The molecular formula is C21H20BrFN2O5. The van der Waals surface area contributed by atoms with Crippen molar-refractivity contribution in [2.75, 3.05) is 25.7 Å². The summed E-state index contributed by atoms with van der Waals surface area (Å²) < 4.78 is 24.5. The number of benzene rings is 2. The second-order valence-corrected chi connectivity index (χ2v) is 7.54. The third kappa shape index (κ3) is 4.58. The number of anilines is 1. The Hall–Kier alpha value is -2.62. The van der Waals surface area contributed by atoms with Gasteiger partial charge in [-0.1, -0.05) is 15.9 Å². The van der Waals surface area contributed by atoms with Gasteiger partial charge in [0.25, 0.3) is 11.8 Å². The van der Waals surface area contributed by atoms with Crippen molar-refractivity contribution in [3.8, 4) is 0 Å². The summed E-state index contributed by atoms with van der Waals surface area (Å²) in [5.74, 6) is -1.96. The van der Waals surface area contributed by atoms with Gasteiger partial charge in [-0.05, 0) is 48.5 Å². The fourth-order valence-corrected chi connectivity index (χ4v) is 3.50. The molecule has 30 heavy (non-hydrogen) atoms. The highest BCUT2D eigenvalue weighted by molar-refractivity contribution is 9.10. The van der Waals surface area contributed by atoms with E-state index < -0.39 is 35.9 Å². The van der Waals surface area contributed by atoms with E-state index >= 15 is 0 Å². The lowest BCUT2D eigenvalue weighted by Crippen LogP contribution is -2.49. The highest BCUT2D eigenvalue weighted by Gasteiger charge is 2.45. The van der Waals surface area contributed by atoms with Gasteiger partial charge in [0, 0.05) is 24.3 Å². The fraction of sp³-hybridized carbons (Fsp3) is 0.286. The lowest BCUT2D eigenvalue weighted by atomic mass is 10.1. The Bertz CT molecular complexity index is 931. The van der Waals surface area contributed by atoms with E-state index in [0.717, 1.165) is 21.5 Å². The second-order valence-electron chi connectivity index (χ2n) is 6.63. The molecular weight excluding hydrogens is 459 g/mol. The summed E-state index contributed by atoms with van der Waals surface area (Å²) >= 11 is 3.32. The van der Waals surface area contributed by atoms with E-state index in [4.69, 9.17) is 9.47 Å². The van der Waals surface area contributed by atoms with Crippen LogP contribution in [0.15, 0.2) is 53.0 Å². The first-order valence-corrected chi connectivity index (χ1v) is 9.89. The first-order chi connectivity index (χ1) is 14.3. The topological polar surface area (TPSA) is 76.2 Å². The number of amides is 3. The van der Waals surface area contributed by atoms with Gasteiger partial charge < -0.3 is 14.4 Å². The van der Waals surface area contributed by atoms with Crippen LogP contribution in [0.4, 0.5) is 10.1 Å². The molecule has 3 rings (SSSR count). The Morgan fingerprint density at radius 1 is 1.13 bits per heavy atom. The molecule has 2 aromatic carbocycles. The van der Waals surface area contributed by atoms with E-state index in [9.17, 15) is 18.8 Å². The minimum absolute atomic E-state index is 0.0823. The summed E-state index contributed by atoms with van der Waals surface area (Å²) in [5.41, 5.74) is 0.601. The van der Waals surface area contributed by atoms with Crippen LogP contribution >= 0.6 is 15.9 Å². The average molecular weight is 479 g/mol. The monoisotopic (exact) mass is 478 g/mol.